The molecule has 0 bridgehead atoms. The minimum atomic E-state index is -0.567. The molecule has 6 nitrogen and oxygen atoms in total. The van der Waals surface area contributed by atoms with Crippen LogP contribution in [0.1, 0.15) is 11.2 Å². The molecule has 0 saturated heterocycles. The molecule has 3 aromatic rings. The second-order valence-corrected chi connectivity index (χ2v) is 5.68. The van der Waals surface area contributed by atoms with Gasteiger partial charge in [-0.05, 0) is 24.3 Å². The number of halogens is 1. The number of benzene rings is 2. The van der Waals surface area contributed by atoms with E-state index in [0.29, 0.717) is 27.2 Å². The second-order valence-electron chi connectivity index (χ2n) is 5.28. The van der Waals surface area contributed by atoms with Gasteiger partial charge in [0, 0.05) is 0 Å². The first kappa shape index (κ1) is 17.1. The lowest BCUT2D eigenvalue weighted by Crippen LogP contribution is -2.30. The van der Waals surface area contributed by atoms with Crippen molar-refractivity contribution in [1.82, 2.24) is 9.55 Å². The number of carbonyl (C=O) groups is 1. The van der Waals surface area contributed by atoms with E-state index < -0.39 is 11.5 Å². The number of ether oxygens (including phenoxy) is 1. The Morgan fingerprint density at radius 1 is 1.24 bits per heavy atom. The topological polar surface area (TPSA) is 81.4 Å². The number of hydrogen-bond donors (Lipinski definition) is 1. The van der Waals surface area contributed by atoms with Crippen LogP contribution in [0.2, 0.25) is 5.02 Å². The van der Waals surface area contributed by atoms with Gasteiger partial charge in [0.2, 0.25) is 5.91 Å². The molecule has 0 atom stereocenters. The molecule has 7 heteroatoms. The van der Waals surface area contributed by atoms with E-state index in [9.17, 15) is 9.59 Å². The Morgan fingerprint density at radius 3 is 2.72 bits per heavy atom. The minimum Gasteiger partial charge on any atom is -0.496 e. The number of fused-ring (bicyclic) bond motifs is 1. The van der Waals surface area contributed by atoms with E-state index in [1.54, 1.807) is 42.5 Å². The largest absolute Gasteiger partial charge is 0.496 e. The van der Waals surface area contributed by atoms with Gasteiger partial charge in [-0.1, -0.05) is 29.8 Å². The van der Waals surface area contributed by atoms with E-state index in [-0.39, 0.29) is 18.9 Å². The molecule has 0 fully saturated rings. The minimum absolute atomic E-state index is 0.0876. The van der Waals surface area contributed by atoms with Gasteiger partial charge < -0.3 is 9.84 Å². The predicted molar refractivity (Wildman–Crippen MR) is 95.3 cm³/mol. The summed E-state index contributed by atoms with van der Waals surface area (Å²) in [6.07, 6.45) is -0.209. The highest BCUT2D eigenvalue weighted by Crippen LogP contribution is 2.35. The summed E-state index contributed by atoms with van der Waals surface area (Å²) in [5.41, 5.74) is 0.277. The summed E-state index contributed by atoms with van der Waals surface area (Å²) in [5.74, 6) is -0.0902. The van der Waals surface area contributed by atoms with Crippen molar-refractivity contribution in [1.29, 1.82) is 0 Å². The van der Waals surface area contributed by atoms with Crippen molar-refractivity contribution in [3.63, 3.8) is 0 Å². The van der Waals surface area contributed by atoms with Gasteiger partial charge in [0.1, 0.15) is 5.75 Å². The highest BCUT2D eigenvalue weighted by Gasteiger charge is 2.22. The van der Waals surface area contributed by atoms with Crippen LogP contribution in [0.3, 0.4) is 0 Å². The maximum atomic E-state index is 12.9. The van der Waals surface area contributed by atoms with E-state index in [0.717, 1.165) is 4.57 Å². The molecule has 1 N–H and O–H groups in total. The first-order chi connectivity index (χ1) is 12.1. The molecule has 0 aliphatic rings. The van der Waals surface area contributed by atoms with Crippen LogP contribution in [-0.2, 0) is 0 Å². The van der Waals surface area contributed by atoms with Gasteiger partial charge in [0.05, 0.1) is 41.6 Å². The number of aliphatic hydroxyl groups is 1. The average Bonchev–Trinajstić information content (AvgIpc) is 2.61. The molecule has 25 heavy (non-hydrogen) atoms. The summed E-state index contributed by atoms with van der Waals surface area (Å²) in [4.78, 5) is 29.9. The molecule has 0 aliphatic carbocycles. The maximum Gasteiger partial charge on any atom is 0.268 e. The highest BCUT2D eigenvalue weighted by molar-refractivity contribution is 6.33. The fraction of sp³-hybridized carbons (Fsp3) is 0.167. The van der Waals surface area contributed by atoms with E-state index in [2.05, 4.69) is 4.98 Å². The molecular weight excluding hydrogens is 344 g/mol. The molecule has 0 aliphatic heterocycles. The Hall–Kier alpha value is -2.70. The van der Waals surface area contributed by atoms with Crippen molar-refractivity contribution < 1.29 is 14.6 Å². The summed E-state index contributed by atoms with van der Waals surface area (Å²) < 4.78 is 6.27. The van der Waals surface area contributed by atoms with Crippen LogP contribution in [0.25, 0.3) is 22.3 Å². The number of aliphatic hydroxyl groups excluding tert-OH is 1. The Bertz CT molecular complexity index is 1010. The highest BCUT2D eigenvalue weighted by atomic mass is 35.5. The average molecular weight is 359 g/mol. The predicted octanol–water partition coefficient (Wildman–Crippen LogP) is 2.75. The second kappa shape index (κ2) is 7.04. The lowest BCUT2D eigenvalue weighted by Gasteiger charge is -2.15. The van der Waals surface area contributed by atoms with Crippen LogP contribution in [0.4, 0.5) is 0 Å². The molecule has 128 valence electrons. The van der Waals surface area contributed by atoms with Crippen LogP contribution >= 0.6 is 11.6 Å². The van der Waals surface area contributed by atoms with E-state index in [1.807, 2.05) is 0 Å². The van der Waals surface area contributed by atoms with Gasteiger partial charge in [-0.15, -0.1) is 0 Å². The molecular formula is C18H15ClN2O4. The summed E-state index contributed by atoms with van der Waals surface area (Å²) >= 11 is 6.30. The van der Waals surface area contributed by atoms with Crippen molar-refractivity contribution in [3.05, 3.63) is 57.8 Å². The third kappa shape index (κ3) is 3.01. The van der Waals surface area contributed by atoms with Crippen LogP contribution in [0.15, 0.2) is 47.3 Å². The fourth-order valence-corrected chi connectivity index (χ4v) is 2.88. The first-order valence-electron chi connectivity index (χ1n) is 7.57. The quantitative estimate of drug-likeness (QED) is 0.775. The number of carbonyl (C=O) groups excluding carboxylic acids is 1. The lowest BCUT2D eigenvalue weighted by molar-refractivity contribution is 0.0873. The van der Waals surface area contributed by atoms with Gasteiger partial charge in [-0.25, -0.2) is 9.55 Å². The zero-order valence-electron chi connectivity index (χ0n) is 13.4. The number of para-hydroxylation sites is 1. The lowest BCUT2D eigenvalue weighted by atomic mass is 10.1. The summed E-state index contributed by atoms with van der Waals surface area (Å²) in [5, 5.41) is 9.72. The normalized spacial score (nSPS) is 10.8. The molecule has 0 unspecified atom stereocenters. The molecule has 1 aromatic heterocycles. The Morgan fingerprint density at radius 2 is 2.00 bits per heavy atom. The third-order valence-corrected chi connectivity index (χ3v) is 4.08. The maximum absolute atomic E-state index is 12.9. The van der Waals surface area contributed by atoms with Gasteiger partial charge in [-0.2, -0.15) is 0 Å². The Balaban J connectivity index is 2.44. The van der Waals surface area contributed by atoms with Gasteiger partial charge in [0.25, 0.3) is 5.56 Å². The van der Waals surface area contributed by atoms with Gasteiger partial charge in [-0.3, -0.25) is 9.59 Å². The zero-order valence-corrected chi connectivity index (χ0v) is 14.2. The molecule has 2 aromatic carbocycles. The zero-order chi connectivity index (χ0) is 18.0. The van der Waals surface area contributed by atoms with Crippen molar-refractivity contribution in [2.75, 3.05) is 13.7 Å². The van der Waals surface area contributed by atoms with Gasteiger partial charge in [0.15, 0.2) is 5.82 Å². The summed E-state index contributed by atoms with van der Waals surface area (Å²) in [6, 6.07) is 11.7. The van der Waals surface area contributed by atoms with E-state index in [4.69, 9.17) is 21.4 Å². The van der Waals surface area contributed by atoms with Crippen molar-refractivity contribution in [2.45, 2.75) is 6.42 Å². The van der Waals surface area contributed by atoms with Crippen LogP contribution in [0.5, 0.6) is 5.75 Å². The summed E-state index contributed by atoms with van der Waals surface area (Å²) in [7, 11) is 1.47. The number of nitrogens with zero attached hydrogens (tertiary/aromatic N) is 2. The van der Waals surface area contributed by atoms with Crippen molar-refractivity contribution >= 4 is 28.4 Å². The number of hydrogen-bond acceptors (Lipinski definition) is 5. The molecule has 3 rings (SSSR count). The third-order valence-electron chi connectivity index (χ3n) is 3.77. The smallest absolute Gasteiger partial charge is 0.268 e. The monoisotopic (exact) mass is 358 g/mol. The number of rotatable bonds is 4. The van der Waals surface area contributed by atoms with Crippen molar-refractivity contribution in [3.8, 4) is 17.1 Å². The standard InChI is InChI=1S/C18H15ClN2O4/c1-25-14-8-4-6-12(19)16(14)17-20-13-7-3-2-5-11(13)18(24)21(17)15(23)9-10-22/h2-8,22H,9-10H2,1H3. The molecule has 0 radical (unpaired) electrons. The molecule has 1 heterocycles. The SMILES string of the molecule is COc1cccc(Cl)c1-c1nc2ccccc2c(=O)n1C(=O)CCO. The van der Waals surface area contributed by atoms with Crippen LogP contribution in [0, 0.1) is 0 Å². The fourth-order valence-electron chi connectivity index (χ4n) is 2.63. The van der Waals surface area contributed by atoms with E-state index >= 15 is 0 Å². The molecule has 0 amide bonds. The molecule has 0 spiro atoms. The van der Waals surface area contributed by atoms with Crippen LogP contribution < -0.4 is 10.3 Å². The first-order valence-corrected chi connectivity index (χ1v) is 7.95. The van der Waals surface area contributed by atoms with Crippen molar-refractivity contribution in [2.24, 2.45) is 0 Å². The number of methoxy groups -OCH3 is 1. The Kier molecular flexibility index (Phi) is 4.83. The van der Waals surface area contributed by atoms with E-state index in [1.165, 1.54) is 7.11 Å². The van der Waals surface area contributed by atoms with Gasteiger partial charge >= 0.3 is 0 Å². The Labute approximate surface area is 148 Å². The van der Waals surface area contributed by atoms with Crippen LogP contribution in [-0.4, -0.2) is 34.3 Å². The summed E-state index contributed by atoms with van der Waals surface area (Å²) in [6.45, 7) is -0.378. The number of aromatic nitrogens is 2. The molecule has 0 saturated carbocycles.